The second-order valence-electron chi connectivity index (χ2n) is 8.22. The number of nitrogens with two attached hydrogens (primary N) is 1. The van der Waals surface area contributed by atoms with Gasteiger partial charge in [0.25, 0.3) is 0 Å². The van der Waals surface area contributed by atoms with Crippen molar-refractivity contribution in [3.05, 3.63) is 71.2 Å². The van der Waals surface area contributed by atoms with E-state index in [1.54, 1.807) is 19.5 Å². The number of ether oxygens (including phenoxy) is 1. The van der Waals surface area contributed by atoms with Crippen molar-refractivity contribution in [2.24, 2.45) is 5.92 Å². The van der Waals surface area contributed by atoms with Crippen LogP contribution in [0, 0.1) is 12.8 Å². The topological polar surface area (TPSA) is 78.3 Å². The van der Waals surface area contributed by atoms with Crippen LogP contribution in [0.15, 0.2) is 49.3 Å². The lowest BCUT2D eigenvalue weighted by atomic mass is 9.88. The van der Waals surface area contributed by atoms with Crippen LogP contribution < -0.4 is 10.5 Å². The highest BCUT2D eigenvalue weighted by Gasteiger charge is 2.46. The molecule has 6 nitrogen and oxygen atoms in total. The number of hydrogen-bond donors (Lipinski definition) is 1. The first-order valence-electron chi connectivity index (χ1n) is 10.4. The van der Waals surface area contributed by atoms with Gasteiger partial charge in [-0.1, -0.05) is 24.6 Å². The molecule has 3 unspecified atom stereocenters. The third-order valence-corrected chi connectivity index (χ3v) is 6.88. The van der Waals surface area contributed by atoms with Gasteiger partial charge < -0.3 is 14.9 Å². The maximum Gasteiger partial charge on any atom is 0.149 e. The summed E-state index contributed by atoms with van der Waals surface area (Å²) in [6.07, 6.45) is 10.0. The molecule has 0 radical (unpaired) electrons. The number of fused-ring (bicyclic) bond motifs is 1. The Hall–Kier alpha value is -3.12. The maximum atomic E-state index is 6.69. The minimum atomic E-state index is 0.239. The van der Waals surface area contributed by atoms with Gasteiger partial charge in [-0.15, -0.1) is 0 Å². The van der Waals surface area contributed by atoms with Gasteiger partial charge in [-0.05, 0) is 48.4 Å². The van der Waals surface area contributed by atoms with Crippen LogP contribution in [0.4, 0.5) is 5.82 Å². The molecule has 0 aliphatic heterocycles. The normalized spacial score (nSPS) is 18.8. The number of rotatable bonds is 5. The van der Waals surface area contributed by atoms with Crippen molar-refractivity contribution in [2.45, 2.75) is 32.1 Å². The highest BCUT2D eigenvalue weighted by molar-refractivity contribution is 6.32. The van der Waals surface area contributed by atoms with Gasteiger partial charge in [0, 0.05) is 46.9 Å². The summed E-state index contributed by atoms with van der Waals surface area (Å²) in [5, 5.41) is 0.736. The zero-order valence-corrected chi connectivity index (χ0v) is 18.5. The van der Waals surface area contributed by atoms with Gasteiger partial charge in [0.05, 0.1) is 19.1 Å². The Balaban J connectivity index is 1.54. The molecule has 2 N–H and O–H groups in total. The third kappa shape index (κ3) is 3.22. The Kier molecular flexibility index (Phi) is 4.82. The van der Waals surface area contributed by atoms with Crippen molar-refractivity contribution in [3.63, 3.8) is 0 Å². The molecule has 7 heteroatoms. The van der Waals surface area contributed by atoms with E-state index in [1.807, 2.05) is 42.2 Å². The van der Waals surface area contributed by atoms with E-state index in [2.05, 4.69) is 27.9 Å². The fourth-order valence-corrected chi connectivity index (χ4v) is 4.96. The minimum absolute atomic E-state index is 0.239. The van der Waals surface area contributed by atoms with Gasteiger partial charge in [0.1, 0.15) is 17.1 Å². The van der Waals surface area contributed by atoms with Crippen molar-refractivity contribution in [2.75, 3.05) is 12.8 Å². The lowest BCUT2D eigenvalue weighted by Gasteiger charge is -2.22. The quantitative estimate of drug-likeness (QED) is 0.465. The molecule has 0 saturated heterocycles. The number of benzene rings is 1. The van der Waals surface area contributed by atoms with Crippen LogP contribution in [0.2, 0.25) is 5.02 Å². The highest BCUT2D eigenvalue weighted by Crippen LogP contribution is 2.57. The summed E-state index contributed by atoms with van der Waals surface area (Å²) in [5.74, 6) is 2.38. The molecule has 3 atom stereocenters. The van der Waals surface area contributed by atoms with E-state index in [9.17, 15) is 0 Å². The molecule has 0 spiro atoms. The number of hydrogen-bond acceptors (Lipinski definition) is 5. The monoisotopic (exact) mass is 433 g/mol. The van der Waals surface area contributed by atoms with Crippen molar-refractivity contribution < 1.29 is 4.74 Å². The van der Waals surface area contributed by atoms with E-state index in [0.29, 0.717) is 17.7 Å². The molecular formula is C24H24ClN5O. The van der Waals surface area contributed by atoms with Crippen molar-refractivity contribution >= 4 is 22.9 Å². The Bertz CT molecular complexity index is 1270. The van der Waals surface area contributed by atoms with Crippen LogP contribution in [-0.2, 0) is 0 Å². The number of anilines is 1. The first kappa shape index (κ1) is 19.8. The zero-order chi connectivity index (χ0) is 21.7. The first-order chi connectivity index (χ1) is 15.0. The molecular weight excluding hydrogens is 410 g/mol. The zero-order valence-electron chi connectivity index (χ0n) is 17.7. The predicted molar refractivity (Wildman–Crippen MR) is 123 cm³/mol. The molecule has 1 saturated carbocycles. The average molecular weight is 434 g/mol. The van der Waals surface area contributed by atoms with Gasteiger partial charge >= 0.3 is 0 Å². The predicted octanol–water partition coefficient (Wildman–Crippen LogP) is 5.25. The van der Waals surface area contributed by atoms with Crippen LogP contribution >= 0.6 is 11.6 Å². The number of nitrogen functional groups attached to an aromatic ring is 1. The lowest BCUT2D eigenvalue weighted by molar-refractivity contribution is 0.405. The highest BCUT2D eigenvalue weighted by atomic mass is 35.5. The van der Waals surface area contributed by atoms with E-state index in [1.165, 1.54) is 0 Å². The van der Waals surface area contributed by atoms with Crippen LogP contribution in [0.25, 0.3) is 16.6 Å². The van der Waals surface area contributed by atoms with E-state index < -0.39 is 0 Å². The lowest BCUT2D eigenvalue weighted by Crippen LogP contribution is -2.05. The minimum Gasteiger partial charge on any atom is -0.496 e. The van der Waals surface area contributed by atoms with Crippen LogP contribution in [0.1, 0.15) is 42.0 Å². The fourth-order valence-electron chi connectivity index (χ4n) is 4.74. The molecule has 3 aromatic heterocycles. The largest absolute Gasteiger partial charge is 0.496 e. The Morgan fingerprint density at radius 2 is 2.13 bits per heavy atom. The van der Waals surface area contributed by atoms with Crippen molar-refractivity contribution in [1.82, 2.24) is 19.4 Å². The number of nitrogens with zero attached hydrogens (tertiary/aromatic N) is 4. The Morgan fingerprint density at radius 1 is 1.29 bits per heavy atom. The number of methoxy groups -OCH3 is 1. The number of halogens is 1. The van der Waals surface area contributed by atoms with Gasteiger partial charge in [-0.2, -0.15) is 0 Å². The Morgan fingerprint density at radius 3 is 2.87 bits per heavy atom. The van der Waals surface area contributed by atoms with Gasteiger partial charge in [-0.3, -0.25) is 4.98 Å². The van der Waals surface area contributed by atoms with E-state index >= 15 is 0 Å². The standard InChI is InChI=1S/C24H24ClN5O/c1-13(16-9-18(16)21-22-24(26)28-7-8-30(22)12-29-21)17-10-19(25)14(2)20(23(17)31-3)15-5-4-6-27-11-15/h4-8,10-13,16,18H,9H2,1-3H3,(H2,26,28). The van der Waals surface area contributed by atoms with Gasteiger partial charge in [0.2, 0.25) is 0 Å². The average Bonchev–Trinajstić information content (AvgIpc) is 3.46. The van der Waals surface area contributed by atoms with Crippen LogP contribution in [0.3, 0.4) is 0 Å². The molecule has 4 aromatic rings. The van der Waals surface area contributed by atoms with Crippen molar-refractivity contribution in [3.8, 4) is 16.9 Å². The van der Waals surface area contributed by atoms with Crippen LogP contribution in [0.5, 0.6) is 5.75 Å². The van der Waals surface area contributed by atoms with E-state index in [-0.39, 0.29) is 5.92 Å². The van der Waals surface area contributed by atoms with Gasteiger partial charge in [0.15, 0.2) is 0 Å². The summed E-state index contributed by atoms with van der Waals surface area (Å²) in [7, 11) is 1.72. The summed E-state index contributed by atoms with van der Waals surface area (Å²) < 4.78 is 7.89. The SMILES string of the molecule is COc1c(C(C)C2CC2c2ncn3ccnc(N)c23)cc(Cl)c(C)c1-c1cccnc1. The summed E-state index contributed by atoms with van der Waals surface area (Å²) in [5.41, 5.74) is 12.2. The number of pyridine rings is 1. The van der Waals surface area contributed by atoms with Crippen molar-refractivity contribution in [1.29, 1.82) is 0 Å². The molecule has 0 bridgehead atoms. The summed E-state index contributed by atoms with van der Waals surface area (Å²) >= 11 is 6.69. The molecule has 5 rings (SSSR count). The molecule has 1 aromatic carbocycles. The molecule has 158 valence electrons. The first-order valence-corrected chi connectivity index (χ1v) is 10.7. The summed E-state index contributed by atoms with van der Waals surface area (Å²) in [6.45, 7) is 4.26. The number of aromatic nitrogens is 4. The molecule has 1 fully saturated rings. The second-order valence-corrected chi connectivity index (χ2v) is 8.62. The fraction of sp³-hybridized carbons (Fsp3) is 0.292. The second kappa shape index (κ2) is 7.54. The molecule has 31 heavy (non-hydrogen) atoms. The van der Waals surface area contributed by atoms with E-state index in [4.69, 9.17) is 22.1 Å². The smallest absolute Gasteiger partial charge is 0.149 e. The molecule has 0 amide bonds. The summed E-state index contributed by atoms with van der Waals surface area (Å²) in [6, 6.07) is 6.02. The maximum absolute atomic E-state index is 6.69. The van der Waals surface area contributed by atoms with E-state index in [0.717, 1.165) is 50.7 Å². The number of imidazole rings is 1. The van der Waals surface area contributed by atoms with Crippen LogP contribution in [-0.4, -0.2) is 26.5 Å². The third-order valence-electron chi connectivity index (χ3n) is 6.49. The molecule has 1 aliphatic carbocycles. The molecule has 1 aliphatic rings. The Labute approximate surface area is 186 Å². The molecule has 3 heterocycles. The van der Waals surface area contributed by atoms with Gasteiger partial charge in [-0.25, -0.2) is 9.97 Å². The summed E-state index contributed by atoms with van der Waals surface area (Å²) in [4.78, 5) is 13.2.